The third kappa shape index (κ3) is 5.23. The molecule has 0 amide bonds. The number of hydrogen-bond acceptors (Lipinski definition) is 4. The number of halogens is 2. The van der Waals surface area contributed by atoms with Crippen LogP contribution in [0.2, 0.25) is 0 Å². The van der Waals surface area contributed by atoms with Gasteiger partial charge in [0, 0.05) is 25.6 Å². The van der Waals surface area contributed by atoms with Crippen molar-refractivity contribution in [1.82, 2.24) is 10.6 Å². The van der Waals surface area contributed by atoms with Gasteiger partial charge in [-0.25, -0.2) is 4.39 Å². The van der Waals surface area contributed by atoms with Gasteiger partial charge in [-0.3, -0.25) is 4.99 Å². The molecule has 1 aliphatic rings. The molecule has 0 heterocycles. The van der Waals surface area contributed by atoms with Gasteiger partial charge in [0.2, 0.25) is 5.75 Å². The molecule has 29 heavy (non-hydrogen) atoms. The van der Waals surface area contributed by atoms with E-state index in [0.29, 0.717) is 30.5 Å². The van der Waals surface area contributed by atoms with Crippen LogP contribution in [0.15, 0.2) is 41.4 Å². The average molecular weight is 515 g/mol. The van der Waals surface area contributed by atoms with Gasteiger partial charge in [-0.15, -0.1) is 24.0 Å². The number of phenols is 1. The molecule has 0 atom stereocenters. The summed E-state index contributed by atoms with van der Waals surface area (Å²) in [5, 5.41) is 16.5. The zero-order chi connectivity index (χ0) is 20.1. The predicted octanol–water partition coefficient (Wildman–Crippen LogP) is 3.56. The van der Waals surface area contributed by atoms with E-state index in [1.165, 1.54) is 20.3 Å². The summed E-state index contributed by atoms with van der Waals surface area (Å²) in [5.74, 6) is 1.12. The van der Waals surface area contributed by atoms with E-state index in [1.807, 2.05) is 12.1 Å². The van der Waals surface area contributed by atoms with Crippen molar-refractivity contribution < 1.29 is 19.0 Å². The number of nitrogens with one attached hydrogen (secondary N) is 2. The molecule has 3 N–H and O–H groups in total. The molecular formula is C21H27FIN3O3. The van der Waals surface area contributed by atoms with Gasteiger partial charge in [0.05, 0.1) is 14.2 Å². The molecule has 0 aliphatic heterocycles. The van der Waals surface area contributed by atoms with Crippen LogP contribution in [-0.2, 0) is 12.0 Å². The predicted molar refractivity (Wildman–Crippen MR) is 122 cm³/mol. The van der Waals surface area contributed by atoms with Crippen molar-refractivity contribution in [2.45, 2.75) is 24.8 Å². The zero-order valence-electron chi connectivity index (χ0n) is 16.8. The van der Waals surface area contributed by atoms with Gasteiger partial charge in [-0.05, 0) is 42.2 Å². The minimum atomic E-state index is -0.173. The van der Waals surface area contributed by atoms with Crippen molar-refractivity contribution in [2.24, 2.45) is 4.99 Å². The van der Waals surface area contributed by atoms with E-state index >= 15 is 0 Å². The van der Waals surface area contributed by atoms with Crippen LogP contribution in [0, 0.1) is 5.82 Å². The molecule has 3 rings (SSSR count). The van der Waals surface area contributed by atoms with Gasteiger partial charge in [-0.1, -0.05) is 18.2 Å². The number of ether oxygens (including phenoxy) is 2. The number of benzene rings is 2. The summed E-state index contributed by atoms with van der Waals surface area (Å²) in [7, 11) is 4.67. The minimum absolute atomic E-state index is 0. The largest absolute Gasteiger partial charge is 0.502 e. The van der Waals surface area contributed by atoms with Crippen LogP contribution in [0.1, 0.15) is 24.0 Å². The first-order chi connectivity index (χ1) is 13.5. The Kier molecular flexibility index (Phi) is 7.95. The highest BCUT2D eigenvalue weighted by Gasteiger charge is 2.45. The van der Waals surface area contributed by atoms with Crippen molar-refractivity contribution >= 4 is 29.9 Å². The lowest BCUT2D eigenvalue weighted by Crippen LogP contribution is -2.41. The monoisotopic (exact) mass is 515 g/mol. The van der Waals surface area contributed by atoms with E-state index in [1.54, 1.807) is 25.2 Å². The van der Waals surface area contributed by atoms with Crippen LogP contribution in [0.3, 0.4) is 0 Å². The molecule has 0 bridgehead atoms. The molecule has 158 valence electrons. The lowest BCUT2D eigenvalue weighted by Gasteiger charge is -2.20. The number of hydrogen-bond donors (Lipinski definition) is 3. The van der Waals surface area contributed by atoms with Crippen LogP contribution in [0.25, 0.3) is 0 Å². The third-order valence-corrected chi connectivity index (χ3v) is 5.12. The average Bonchev–Trinajstić information content (AvgIpc) is 3.50. The number of nitrogens with zero attached hydrogens (tertiary/aromatic N) is 1. The number of phenolic OH excluding ortho intramolecular Hbond substituents is 1. The topological polar surface area (TPSA) is 75.1 Å². The second-order valence-electron chi connectivity index (χ2n) is 6.89. The maximum atomic E-state index is 14.2. The highest BCUT2D eigenvalue weighted by atomic mass is 127. The van der Waals surface area contributed by atoms with E-state index < -0.39 is 0 Å². The Labute approximate surface area is 187 Å². The van der Waals surface area contributed by atoms with Crippen LogP contribution in [0.4, 0.5) is 4.39 Å². The molecular weight excluding hydrogens is 488 g/mol. The summed E-state index contributed by atoms with van der Waals surface area (Å²) in [6.07, 6.45) is 1.90. The highest BCUT2D eigenvalue weighted by molar-refractivity contribution is 14.0. The van der Waals surface area contributed by atoms with Crippen molar-refractivity contribution in [3.05, 3.63) is 53.3 Å². The van der Waals surface area contributed by atoms with Crippen molar-refractivity contribution in [3.8, 4) is 17.2 Å². The molecule has 0 spiro atoms. The summed E-state index contributed by atoms with van der Waals surface area (Å²) in [4.78, 5) is 4.24. The normalized spacial score (nSPS) is 14.6. The first-order valence-electron chi connectivity index (χ1n) is 9.16. The van der Waals surface area contributed by atoms with Crippen LogP contribution >= 0.6 is 24.0 Å². The SMILES string of the molecule is CN=C(NCc1cc(OC)c(O)c(OC)c1)NCC1(c2ccccc2F)CC1.I. The summed E-state index contributed by atoms with van der Waals surface area (Å²) in [5.41, 5.74) is 1.45. The summed E-state index contributed by atoms with van der Waals surface area (Å²) >= 11 is 0. The standard InChI is InChI=1S/C21H26FN3O3.HI/c1-23-20(24-12-14-10-17(27-2)19(26)18(11-14)28-3)25-13-21(8-9-21)15-6-4-5-7-16(15)22;/h4-7,10-11,26H,8-9,12-13H2,1-3H3,(H2,23,24,25);1H. The number of aromatic hydroxyl groups is 1. The van der Waals surface area contributed by atoms with Gasteiger partial charge in [0.15, 0.2) is 17.5 Å². The Morgan fingerprint density at radius 1 is 1.14 bits per heavy atom. The maximum absolute atomic E-state index is 14.2. The first kappa shape index (κ1) is 23.1. The Morgan fingerprint density at radius 3 is 2.28 bits per heavy atom. The highest BCUT2D eigenvalue weighted by Crippen LogP contribution is 2.48. The molecule has 8 heteroatoms. The molecule has 2 aromatic carbocycles. The van der Waals surface area contributed by atoms with Crippen LogP contribution < -0.4 is 20.1 Å². The maximum Gasteiger partial charge on any atom is 0.200 e. The summed E-state index contributed by atoms with van der Waals surface area (Å²) in [6, 6.07) is 10.4. The Bertz CT molecular complexity index is 847. The van der Waals surface area contributed by atoms with E-state index in [0.717, 1.165) is 24.0 Å². The fourth-order valence-electron chi connectivity index (χ4n) is 3.29. The van der Waals surface area contributed by atoms with Crippen LogP contribution in [-0.4, -0.2) is 38.9 Å². The summed E-state index contributed by atoms with van der Waals surface area (Å²) in [6.45, 7) is 1.06. The summed E-state index contributed by atoms with van der Waals surface area (Å²) < 4.78 is 24.5. The van der Waals surface area contributed by atoms with Crippen molar-refractivity contribution in [3.63, 3.8) is 0 Å². The van der Waals surface area contributed by atoms with E-state index in [9.17, 15) is 9.50 Å². The van der Waals surface area contributed by atoms with Gasteiger partial charge in [-0.2, -0.15) is 0 Å². The Balaban J connectivity index is 0.00000300. The molecule has 1 aliphatic carbocycles. The Hall–Kier alpha value is -2.23. The second kappa shape index (κ2) is 10.00. The molecule has 0 saturated heterocycles. The van der Waals surface area contributed by atoms with Gasteiger partial charge < -0.3 is 25.2 Å². The molecule has 0 radical (unpaired) electrons. The number of rotatable bonds is 7. The van der Waals surface area contributed by atoms with E-state index in [4.69, 9.17) is 9.47 Å². The molecule has 0 aromatic heterocycles. The Morgan fingerprint density at radius 2 is 1.76 bits per heavy atom. The number of guanidine groups is 1. The lowest BCUT2D eigenvalue weighted by molar-refractivity contribution is 0.339. The van der Waals surface area contributed by atoms with Gasteiger partial charge in [0.1, 0.15) is 5.82 Å². The van der Waals surface area contributed by atoms with E-state index in [2.05, 4.69) is 15.6 Å². The minimum Gasteiger partial charge on any atom is -0.502 e. The smallest absolute Gasteiger partial charge is 0.200 e. The molecule has 1 saturated carbocycles. The fraction of sp³-hybridized carbons (Fsp3) is 0.381. The van der Waals surface area contributed by atoms with Gasteiger partial charge >= 0.3 is 0 Å². The molecule has 1 fully saturated rings. The fourth-order valence-corrected chi connectivity index (χ4v) is 3.29. The molecule has 2 aromatic rings. The quantitative estimate of drug-likeness (QED) is 0.299. The van der Waals surface area contributed by atoms with Crippen molar-refractivity contribution in [1.29, 1.82) is 0 Å². The molecule has 0 unspecified atom stereocenters. The number of methoxy groups -OCH3 is 2. The number of aliphatic imine (C=N–C) groups is 1. The zero-order valence-corrected chi connectivity index (χ0v) is 19.1. The second-order valence-corrected chi connectivity index (χ2v) is 6.89. The van der Waals surface area contributed by atoms with Crippen molar-refractivity contribution in [2.75, 3.05) is 27.8 Å². The van der Waals surface area contributed by atoms with Gasteiger partial charge in [0.25, 0.3) is 0 Å². The lowest BCUT2D eigenvalue weighted by atomic mass is 9.95. The third-order valence-electron chi connectivity index (χ3n) is 5.12. The molecule has 6 nitrogen and oxygen atoms in total. The van der Waals surface area contributed by atoms with Crippen LogP contribution in [0.5, 0.6) is 17.2 Å². The van der Waals surface area contributed by atoms with E-state index in [-0.39, 0.29) is 41.0 Å². The first-order valence-corrected chi connectivity index (χ1v) is 9.16.